The maximum atomic E-state index is 11.7. The highest BCUT2D eigenvalue weighted by Gasteiger charge is 2.43. The minimum atomic E-state index is -0.970. The molecule has 1 aliphatic carbocycles. The molecular formula is C14H18N2O4. The van der Waals surface area contributed by atoms with Crippen LogP contribution in [0, 0.1) is 0 Å². The number of hydrogen-bond donors (Lipinski definition) is 4. The molecule has 108 valence electrons. The molecule has 1 fully saturated rings. The SMILES string of the molecule is O=C(NCc1ccc(C(=O)O)cc1)NC1(CCO)CC1. The molecule has 4 N–H and O–H groups in total. The highest BCUT2D eigenvalue weighted by atomic mass is 16.4. The predicted molar refractivity (Wildman–Crippen MR) is 72.4 cm³/mol. The van der Waals surface area contributed by atoms with Gasteiger partial charge in [0, 0.05) is 18.7 Å². The number of amides is 2. The largest absolute Gasteiger partial charge is 0.478 e. The summed E-state index contributed by atoms with van der Waals surface area (Å²) in [6.45, 7) is 0.401. The van der Waals surface area contributed by atoms with Crippen molar-refractivity contribution in [3.63, 3.8) is 0 Å². The number of carboxylic acids is 1. The summed E-state index contributed by atoms with van der Waals surface area (Å²) in [4.78, 5) is 22.4. The van der Waals surface area contributed by atoms with Crippen molar-refractivity contribution in [2.75, 3.05) is 6.61 Å². The summed E-state index contributed by atoms with van der Waals surface area (Å²) in [5, 5.41) is 23.3. The van der Waals surface area contributed by atoms with E-state index in [1.54, 1.807) is 12.1 Å². The van der Waals surface area contributed by atoms with E-state index in [1.165, 1.54) is 12.1 Å². The number of carboxylic acid groups (broad SMARTS) is 1. The smallest absolute Gasteiger partial charge is 0.335 e. The van der Waals surface area contributed by atoms with Crippen LogP contribution in [0.3, 0.4) is 0 Å². The number of hydrogen-bond acceptors (Lipinski definition) is 3. The van der Waals surface area contributed by atoms with Crippen molar-refractivity contribution in [2.45, 2.75) is 31.3 Å². The Morgan fingerprint density at radius 1 is 1.20 bits per heavy atom. The average molecular weight is 278 g/mol. The normalized spacial score (nSPS) is 15.4. The van der Waals surface area contributed by atoms with Crippen molar-refractivity contribution in [2.24, 2.45) is 0 Å². The number of benzene rings is 1. The Kier molecular flexibility index (Phi) is 4.24. The Bertz CT molecular complexity index is 494. The van der Waals surface area contributed by atoms with Gasteiger partial charge in [-0.1, -0.05) is 12.1 Å². The van der Waals surface area contributed by atoms with E-state index in [0.717, 1.165) is 18.4 Å². The topological polar surface area (TPSA) is 98.7 Å². The summed E-state index contributed by atoms with van der Waals surface area (Å²) >= 11 is 0. The lowest BCUT2D eigenvalue weighted by Crippen LogP contribution is -2.43. The Morgan fingerprint density at radius 3 is 2.35 bits per heavy atom. The zero-order chi connectivity index (χ0) is 14.6. The first-order valence-corrected chi connectivity index (χ1v) is 6.54. The average Bonchev–Trinajstić information content (AvgIpc) is 3.17. The first-order valence-electron chi connectivity index (χ1n) is 6.54. The predicted octanol–water partition coefficient (Wildman–Crippen LogP) is 1.10. The maximum absolute atomic E-state index is 11.7. The zero-order valence-corrected chi connectivity index (χ0v) is 11.1. The van der Waals surface area contributed by atoms with E-state index < -0.39 is 5.97 Å². The van der Waals surface area contributed by atoms with Crippen molar-refractivity contribution in [1.82, 2.24) is 10.6 Å². The molecule has 1 saturated carbocycles. The van der Waals surface area contributed by atoms with E-state index in [-0.39, 0.29) is 23.7 Å². The van der Waals surface area contributed by atoms with Crippen molar-refractivity contribution in [3.8, 4) is 0 Å². The molecular weight excluding hydrogens is 260 g/mol. The molecule has 6 nitrogen and oxygen atoms in total. The second-order valence-corrected chi connectivity index (χ2v) is 5.06. The Morgan fingerprint density at radius 2 is 1.85 bits per heavy atom. The van der Waals surface area contributed by atoms with E-state index in [2.05, 4.69) is 10.6 Å². The molecule has 0 aromatic heterocycles. The molecule has 1 aromatic carbocycles. The Labute approximate surface area is 116 Å². The van der Waals surface area contributed by atoms with Gasteiger partial charge in [0.05, 0.1) is 5.56 Å². The van der Waals surface area contributed by atoms with Crippen LogP contribution < -0.4 is 10.6 Å². The number of carbonyl (C=O) groups is 2. The first kappa shape index (κ1) is 14.3. The van der Waals surface area contributed by atoms with E-state index in [9.17, 15) is 9.59 Å². The van der Waals surface area contributed by atoms with Gasteiger partial charge in [-0.25, -0.2) is 9.59 Å². The number of carbonyl (C=O) groups excluding carboxylic acids is 1. The fourth-order valence-corrected chi connectivity index (χ4v) is 2.03. The molecule has 0 radical (unpaired) electrons. The van der Waals surface area contributed by atoms with Gasteiger partial charge >= 0.3 is 12.0 Å². The molecule has 0 aliphatic heterocycles. The van der Waals surface area contributed by atoms with Gasteiger partial charge in [-0.3, -0.25) is 0 Å². The van der Waals surface area contributed by atoms with E-state index >= 15 is 0 Å². The number of nitrogens with one attached hydrogen (secondary N) is 2. The van der Waals surface area contributed by atoms with Gasteiger partial charge in [-0.2, -0.15) is 0 Å². The molecule has 0 atom stereocenters. The van der Waals surface area contributed by atoms with Crippen LogP contribution in [0.1, 0.15) is 35.2 Å². The zero-order valence-electron chi connectivity index (χ0n) is 11.1. The number of aliphatic hydroxyl groups excluding tert-OH is 1. The first-order chi connectivity index (χ1) is 9.54. The molecule has 0 unspecified atom stereocenters. The molecule has 2 amide bonds. The molecule has 1 aromatic rings. The van der Waals surface area contributed by atoms with Gasteiger partial charge in [0.15, 0.2) is 0 Å². The van der Waals surface area contributed by atoms with Gasteiger partial charge in [0.2, 0.25) is 0 Å². The van der Waals surface area contributed by atoms with Crippen LogP contribution in [-0.4, -0.2) is 34.4 Å². The summed E-state index contributed by atoms with van der Waals surface area (Å²) < 4.78 is 0. The monoisotopic (exact) mass is 278 g/mol. The lowest BCUT2D eigenvalue weighted by Gasteiger charge is -2.16. The summed E-state index contributed by atoms with van der Waals surface area (Å²) in [5.74, 6) is -0.970. The minimum Gasteiger partial charge on any atom is -0.478 e. The number of urea groups is 1. The van der Waals surface area contributed by atoms with Gasteiger partial charge in [-0.15, -0.1) is 0 Å². The third-order valence-electron chi connectivity index (χ3n) is 3.48. The lowest BCUT2D eigenvalue weighted by molar-refractivity contribution is 0.0697. The molecule has 0 heterocycles. The molecule has 0 spiro atoms. The Hall–Kier alpha value is -2.08. The second-order valence-electron chi connectivity index (χ2n) is 5.06. The van der Waals surface area contributed by atoms with Crippen LogP contribution in [0.4, 0.5) is 4.79 Å². The van der Waals surface area contributed by atoms with E-state index in [1.807, 2.05) is 0 Å². The maximum Gasteiger partial charge on any atom is 0.335 e. The standard InChI is InChI=1S/C14H18N2O4/c17-8-7-14(5-6-14)16-13(20)15-9-10-1-3-11(4-2-10)12(18)19/h1-4,17H,5-9H2,(H,18,19)(H2,15,16,20). The van der Waals surface area contributed by atoms with Gasteiger partial charge < -0.3 is 20.8 Å². The molecule has 0 saturated heterocycles. The fourth-order valence-electron chi connectivity index (χ4n) is 2.03. The van der Waals surface area contributed by atoms with Crippen molar-refractivity contribution < 1.29 is 19.8 Å². The number of rotatable bonds is 6. The van der Waals surface area contributed by atoms with Crippen molar-refractivity contribution >= 4 is 12.0 Å². The Balaban J connectivity index is 1.80. The highest BCUT2D eigenvalue weighted by molar-refractivity contribution is 5.87. The molecule has 2 rings (SSSR count). The van der Waals surface area contributed by atoms with Gasteiger partial charge in [-0.05, 0) is 37.0 Å². The molecule has 6 heteroatoms. The lowest BCUT2D eigenvalue weighted by atomic mass is 10.1. The van der Waals surface area contributed by atoms with Crippen molar-refractivity contribution in [3.05, 3.63) is 35.4 Å². The summed E-state index contributed by atoms with van der Waals surface area (Å²) in [6, 6.07) is 6.09. The summed E-state index contributed by atoms with van der Waals surface area (Å²) in [6.07, 6.45) is 2.37. The fraction of sp³-hybridized carbons (Fsp3) is 0.429. The van der Waals surface area contributed by atoms with Crippen LogP contribution in [0.2, 0.25) is 0 Å². The summed E-state index contributed by atoms with van der Waals surface area (Å²) in [7, 11) is 0. The number of aromatic carboxylic acids is 1. The van der Waals surface area contributed by atoms with E-state index in [0.29, 0.717) is 13.0 Å². The van der Waals surface area contributed by atoms with E-state index in [4.69, 9.17) is 10.2 Å². The van der Waals surface area contributed by atoms with Crippen LogP contribution in [0.5, 0.6) is 0 Å². The number of aliphatic hydroxyl groups is 1. The minimum absolute atomic E-state index is 0.0664. The van der Waals surface area contributed by atoms with Crippen LogP contribution in [0.25, 0.3) is 0 Å². The summed E-state index contributed by atoms with van der Waals surface area (Å²) in [5.41, 5.74) is 0.821. The molecule has 1 aliphatic rings. The van der Waals surface area contributed by atoms with Gasteiger partial charge in [0.25, 0.3) is 0 Å². The van der Waals surface area contributed by atoms with Crippen LogP contribution in [0.15, 0.2) is 24.3 Å². The second kappa shape index (κ2) is 5.92. The third kappa shape index (κ3) is 3.71. The van der Waals surface area contributed by atoms with Crippen LogP contribution >= 0.6 is 0 Å². The van der Waals surface area contributed by atoms with Gasteiger partial charge in [0.1, 0.15) is 0 Å². The third-order valence-corrected chi connectivity index (χ3v) is 3.48. The van der Waals surface area contributed by atoms with Crippen molar-refractivity contribution in [1.29, 1.82) is 0 Å². The molecule has 20 heavy (non-hydrogen) atoms. The highest BCUT2D eigenvalue weighted by Crippen LogP contribution is 2.38. The quantitative estimate of drug-likeness (QED) is 0.626. The molecule has 0 bridgehead atoms. The van der Waals surface area contributed by atoms with Crippen LogP contribution in [-0.2, 0) is 6.54 Å².